The average molecular weight is 784 g/mol. The van der Waals surface area contributed by atoms with Gasteiger partial charge in [-0.15, -0.1) is 0 Å². The molecule has 2 aromatic heterocycles. The first-order valence-corrected chi connectivity index (χ1v) is 20.1. The molecule has 3 fully saturated rings. The van der Waals surface area contributed by atoms with Crippen LogP contribution in [0.2, 0.25) is 0 Å². The standard InChI is InChI=1S/C45H53N9O3.CH4/c1-26-15-17-44(3)31(19-26)11-14-34-35(44)16-18-45(57)36(34)20-27(2)37(45)42(56)50-23-29-8-6-7-28(21-29)22-49-41(55)30-9-12-33(13-10-30)54(5)25-32-24-48-40-38(51-32)39(47-4)52-43(46)53-40;/h6-10,12-13,15,17,19,21,24,27,34-37,57H,1,11,14,16,18,20,22-23,25H2,2-5H3,(H,49,55)(H,50,56)(H3,46,47,48,52,53);1H4/t27-,34?,35?,36?,37?,44?,45?;/m1./s1. The molecule has 0 radical (unpaired) electrons. The minimum atomic E-state index is -0.988. The number of nitrogens with one attached hydrogen (secondary N) is 3. The maximum absolute atomic E-state index is 13.9. The lowest BCUT2D eigenvalue weighted by Crippen LogP contribution is -2.56. The number of rotatable bonds is 10. The van der Waals surface area contributed by atoms with Crippen LogP contribution < -0.4 is 26.6 Å². The summed E-state index contributed by atoms with van der Waals surface area (Å²) < 4.78 is 0. The molecule has 0 aliphatic heterocycles. The maximum atomic E-state index is 13.9. The second kappa shape index (κ2) is 16.0. The van der Waals surface area contributed by atoms with Crippen molar-refractivity contribution in [3.05, 3.63) is 113 Å². The maximum Gasteiger partial charge on any atom is 0.251 e. The Labute approximate surface area is 341 Å². The van der Waals surface area contributed by atoms with Gasteiger partial charge >= 0.3 is 0 Å². The molecule has 4 aromatic rings. The molecule has 0 bridgehead atoms. The summed E-state index contributed by atoms with van der Waals surface area (Å²) >= 11 is 0. The predicted molar refractivity (Wildman–Crippen MR) is 229 cm³/mol. The molecule has 2 heterocycles. The first-order valence-electron chi connectivity index (χ1n) is 20.1. The van der Waals surface area contributed by atoms with Crippen LogP contribution in [0, 0.1) is 35.0 Å². The number of nitrogen functional groups attached to an aromatic ring is 1. The SMILES string of the molecule is C.C=C1C=CC2(C)C(=C1)CCC1C2CCC2(O)C1C[C@@H](C)C2C(=O)NCc1cccc(CNC(=O)c2ccc(N(C)Cc3cnc4nc(N)nc(NC)c4n3)cc2)c1. The number of nitrogens with two attached hydrogens (primary N) is 1. The number of benzene rings is 2. The number of hydrogen-bond acceptors (Lipinski definition) is 10. The van der Waals surface area contributed by atoms with Crippen LogP contribution in [0.5, 0.6) is 0 Å². The Hall–Kier alpha value is -5.62. The van der Waals surface area contributed by atoms with Gasteiger partial charge < -0.3 is 31.7 Å². The Balaban J connectivity index is 0.00000512. The number of anilines is 3. The molecule has 2 amide bonds. The van der Waals surface area contributed by atoms with Crippen LogP contribution in [0.25, 0.3) is 11.2 Å². The lowest BCUT2D eigenvalue weighted by atomic mass is 9.50. The molecule has 6 N–H and O–H groups in total. The van der Waals surface area contributed by atoms with Crippen LogP contribution in [0.1, 0.15) is 80.6 Å². The van der Waals surface area contributed by atoms with Crippen molar-refractivity contribution < 1.29 is 14.7 Å². The fraction of sp³-hybridized carbons (Fsp3) is 0.435. The van der Waals surface area contributed by atoms with E-state index in [2.05, 4.69) is 69.6 Å². The highest BCUT2D eigenvalue weighted by Crippen LogP contribution is 2.64. The van der Waals surface area contributed by atoms with Crippen molar-refractivity contribution in [3.8, 4) is 0 Å². The fourth-order valence-electron chi connectivity index (χ4n) is 10.6. The monoisotopic (exact) mass is 783 g/mol. The van der Waals surface area contributed by atoms with E-state index in [1.807, 2.05) is 48.3 Å². The normalized spacial score (nSPS) is 27.0. The van der Waals surface area contributed by atoms with Gasteiger partial charge in [-0.05, 0) is 96.7 Å². The lowest BCUT2D eigenvalue weighted by molar-refractivity contribution is -0.149. The van der Waals surface area contributed by atoms with E-state index in [0.717, 1.165) is 53.8 Å². The number of aliphatic hydroxyl groups is 1. The van der Waals surface area contributed by atoms with Gasteiger partial charge in [-0.1, -0.05) is 75.9 Å². The summed E-state index contributed by atoms with van der Waals surface area (Å²) in [5.41, 5.74) is 12.4. The second-order valence-corrected chi connectivity index (χ2v) is 16.8. The third-order valence-electron chi connectivity index (χ3n) is 13.4. The molecule has 4 aliphatic carbocycles. The summed E-state index contributed by atoms with van der Waals surface area (Å²) in [6.45, 7) is 9.85. The van der Waals surface area contributed by atoms with Crippen molar-refractivity contribution in [2.45, 2.75) is 78.6 Å². The molecular weight excluding hydrogens is 727 g/mol. The van der Waals surface area contributed by atoms with E-state index >= 15 is 0 Å². The molecule has 0 spiro atoms. The number of hydrogen-bond donors (Lipinski definition) is 5. The zero-order valence-electron chi connectivity index (χ0n) is 33.3. The molecule has 58 heavy (non-hydrogen) atoms. The minimum absolute atomic E-state index is 0. The molecule has 6 unspecified atom stereocenters. The second-order valence-electron chi connectivity index (χ2n) is 16.8. The van der Waals surface area contributed by atoms with Gasteiger partial charge in [0.05, 0.1) is 30.0 Å². The minimum Gasteiger partial charge on any atom is -0.389 e. The molecule has 8 rings (SSSR count). The number of amides is 2. The molecule has 2 aromatic carbocycles. The van der Waals surface area contributed by atoms with E-state index in [-0.39, 0.29) is 42.4 Å². The van der Waals surface area contributed by atoms with E-state index in [1.165, 1.54) is 5.57 Å². The van der Waals surface area contributed by atoms with Gasteiger partial charge in [0, 0.05) is 43.9 Å². The van der Waals surface area contributed by atoms with E-state index in [0.29, 0.717) is 60.4 Å². The highest BCUT2D eigenvalue weighted by atomic mass is 16.3. The summed E-state index contributed by atoms with van der Waals surface area (Å²) in [6.07, 6.45) is 13.0. The molecule has 3 saturated carbocycles. The summed E-state index contributed by atoms with van der Waals surface area (Å²) in [5.74, 6) is 1.06. The summed E-state index contributed by atoms with van der Waals surface area (Å²) in [7, 11) is 3.69. The molecule has 0 saturated heterocycles. The number of fused-ring (bicyclic) bond motifs is 6. The molecular formula is C46H57N9O3. The number of nitrogens with zero attached hydrogens (tertiary/aromatic N) is 5. The third kappa shape index (κ3) is 7.45. The Kier molecular flexibility index (Phi) is 11.2. The van der Waals surface area contributed by atoms with Crippen molar-refractivity contribution in [2.75, 3.05) is 30.0 Å². The molecule has 4 aliphatic rings. The molecule has 304 valence electrons. The van der Waals surface area contributed by atoms with Crippen molar-refractivity contribution in [3.63, 3.8) is 0 Å². The highest BCUT2D eigenvalue weighted by Gasteiger charge is 2.63. The summed E-state index contributed by atoms with van der Waals surface area (Å²) in [4.78, 5) is 46.5. The van der Waals surface area contributed by atoms with Crippen LogP contribution >= 0.6 is 0 Å². The van der Waals surface area contributed by atoms with Crippen LogP contribution in [0.4, 0.5) is 17.5 Å². The van der Waals surface area contributed by atoms with Crippen LogP contribution in [-0.2, 0) is 24.4 Å². The van der Waals surface area contributed by atoms with Gasteiger partial charge in [-0.25, -0.2) is 9.97 Å². The largest absolute Gasteiger partial charge is 0.389 e. The van der Waals surface area contributed by atoms with Gasteiger partial charge in [0.15, 0.2) is 17.0 Å². The van der Waals surface area contributed by atoms with Crippen LogP contribution in [-0.4, -0.2) is 56.6 Å². The highest BCUT2D eigenvalue weighted by molar-refractivity contribution is 5.94. The Bertz CT molecular complexity index is 2290. The zero-order chi connectivity index (χ0) is 40.1. The molecule has 7 atom stereocenters. The zero-order valence-corrected chi connectivity index (χ0v) is 33.3. The van der Waals surface area contributed by atoms with Crippen molar-refractivity contribution in [2.24, 2.45) is 35.0 Å². The number of aromatic nitrogens is 4. The smallest absolute Gasteiger partial charge is 0.251 e. The van der Waals surface area contributed by atoms with Gasteiger partial charge in [0.1, 0.15) is 0 Å². The Morgan fingerprint density at radius 1 is 1.03 bits per heavy atom. The quantitative estimate of drug-likeness (QED) is 0.116. The number of allylic oxidation sites excluding steroid dienone is 5. The Morgan fingerprint density at radius 2 is 1.78 bits per heavy atom. The van der Waals surface area contributed by atoms with Crippen molar-refractivity contribution in [1.82, 2.24) is 30.6 Å². The summed E-state index contributed by atoms with van der Waals surface area (Å²) in [6, 6.07) is 15.3. The molecule has 12 nitrogen and oxygen atoms in total. The third-order valence-corrected chi connectivity index (χ3v) is 13.4. The van der Waals surface area contributed by atoms with E-state index < -0.39 is 11.5 Å². The van der Waals surface area contributed by atoms with E-state index in [4.69, 9.17) is 10.7 Å². The molecule has 12 heteroatoms. The average Bonchev–Trinajstić information content (AvgIpc) is 3.49. The number of carbonyl (C=O) groups is 2. The van der Waals surface area contributed by atoms with E-state index in [1.54, 1.807) is 25.4 Å². The first kappa shape index (κ1) is 40.6. The first-order chi connectivity index (χ1) is 27.4. The van der Waals surface area contributed by atoms with Gasteiger partial charge in [-0.3, -0.25) is 9.59 Å². The van der Waals surface area contributed by atoms with Gasteiger partial charge in [0.25, 0.3) is 5.91 Å². The number of carbonyl (C=O) groups excluding carboxylic acids is 2. The van der Waals surface area contributed by atoms with Crippen molar-refractivity contribution in [1.29, 1.82) is 0 Å². The fourth-order valence-corrected chi connectivity index (χ4v) is 10.6. The topological polar surface area (TPSA) is 171 Å². The summed E-state index contributed by atoms with van der Waals surface area (Å²) in [5, 5.41) is 21.5. The van der Waals surface area contributed by atoms with E-state index in [9.17, 15) is 14.7 Å². The van der Waals surface area contributed by atoms with Crippen LogP contribution in [0.15, 0.2) is 90.7 Å². The van der Waals surface area contributed by atoms with Gasteiger partial charge in [-0.2, -0.15) is 9.97 Å². The van der Waals surface area contributed by atoms with Crippen LogP contribution in [0.3, 0.4) is 0 Å². The predicted octanol–water partition coefficient (Wildman–Crippen LogP) is 6.74. The Morgan fingerprint density at radius 3 is 2.52 bits per heavy atom. The lowest BCUT2D eigenvalue weighted by Gasteiger charge is -2.56. The van der Waals surface area contributed by atoms with Crippen molar-refractivity contribution >= 4 is 40.4 Å². The van der Waals surface area contributed by atoms with Gasteiger partial charge in [0.2, 0.25) is 11.9 Å².